The first kappa shape index (κ1) is 14.0. The molecule has 4 heteroatoms. The van der Waals surface area contributed by atoms with E-state index in [2.05, 4.69) is 38.5 Å². The van der Waals surface area contributed by atoms with E-state index in [0.717, 1.165) is 19.2 Å². The van der Waals surface area contributed by atoms with Crippen LogP contribution in [0.15, 0.2) is 46.9 Å². The Labute approximate surface area is 127 Å². The molecule has 0 heterocycles. The van der Waals surface area contributed by atoms with Crippen molar-refractivity contribution in [3.63, 3.8) is 0 Å². The standard InChI is InChI=1S/C14H11BrFIO/c15-13-5-4-11(17)8-12(13)14(18)7-9-2-1-3-10(16)6-9/h1-6,8,14,18H,7H2. The predicted octanol–water partition coefficient (Wildman–Crippen LogP) is 4.47. The molecular weight excluding hydrogens is 410 g/mol. The zero-order chi connectivity index (χ0) is 13.1. The third kappa shape index (κ3) is 3.52. The van der Waals surface area contributed by atoms with Crippen LogP contribution >= 0.6 is 38.5 Å². The SMILES string of the molecule is OC(Cc1cccc(F)c1)c1cc(I)ccc1Br. The molecule has 0 amide bonds. The first-order chi connectivity index (χ1) is 8.56. The Morgan fingerprint density at radius 1 is 1.22 bits per heavy atom. The van der Waals surface area contributed by atoms with Gasteiger partial charge in [0.25, 0.3) is 0 Å². The van der Waals surface area contributed by atoms with Gasteiger partial charge in [0.2, 0.25) is 0 Å². The maximum atomic E-state index is 13.1. The van der Waals surface area contributed by atoms with Gasteiger partial charge in [-0.15, -0.1) is 0 Å². The molecule has 0 aliphatic rings. The summed E-state index contributed by atoms with van der Waals surface area (Å²) in [6.45, 7) is 0. The molecule has 18 heavy (non-hydrogen) atoms. The minimum atomic E-state index is -0.643. The fraction of sp³-hybridized carbons (Fsp3) is 0.143. The highest BCUT2D eigenvalue weighted by atomic mass is 127. The van der Waals surface area contributed by atoms with Crippen molar-refractivity contribution < 1.29 is 9.50 Å². The highest BCUT2D eigenvalue weighted by Gasteiger charge is 2.12. The second-order valence-corrected chi connectivity index (χ2v) is 6.12. The molecule has 0 fully saturated rings. The highest BCUT2D eigenvalue weighted by Crippen LogP contribution is 2.27. The predicted molar refractivity (Wildman–Crippen MR) is 81.9 cm³/mol. The maximum absolute atomic E-state index is 13.1. The van der Waals surface area contributed by atoms with Gasteiger partial charge in [-0.05, 0) is 64.0 Å². The van der Waals surface area contributed by atoms with Gasteiger partial charge in [0.15, 0.2) is 0 Å². The molecule has 1 N–H and O–H groups in total. The Morgan fingerprint density at radius 2 is 2.00 bits per heavy atom. The molecule has 2 aromatic rings. The van der Waals surface area contributed by atoms with Crippen molar-refractivity contribution in [2.45, 2.75) is 12.5 Å². The number of hydrogen-bond acceptors (Lipinski definition) is 1. The van der Waals surface area contributed by atoms with Gasteiger partial charge in [-0.1, -0.05) is 28.1 Å². The summed E-state index contributed by atoms with van der Waals surface area (Å²) >= 11 is 5.62. The highest BCUT2D eigenvalue weighted by molar-refractivity contribution is 14.1. The molecule has 0 aliphatic heterocycles. The lowest BCUT2D eigenvalue weighted by Gasteiger charge is -2.13. The third-order valence-corrected chi connectivity index (χ3v) is 4.03. The normalized spacial score (nSPS) is 12.4. The average molecular weight is 421 g/mol. The number of aliphatic hydroxyl groups is 1. The number of benzene rings is 2. The van der Waals surface area contributed by atoms with Crippen molar-refractivity contribution in [1.29, 1.82) is 0 Å². The second kappa shape index (κ2) is 6.12. The van der Waals surface area contributed by atoms with Gasteiger partial charge < -0.3 is 5.11 Å². The molecule has 2 rings (SSSR count). The number of halogens is 3. The fourth-order valence-corrected chi connectivity index (χ4v) is 2.79. The van der Waals surface area contributed by atoms with Gasteiger partial charge in [0, 0.05) is 14.5 Å². The van der Waals surface area contributed by atoms with Gasteiger partial charge in [0.1, 0.15) is 5.82 Å². The minimum absolute atomic E-state index is 0.276. The Kier molecular flexibility index (Phi) is 4.75. The molecule has 1 atom stereocenters. The smallest absolute Gasteiger partial charge is 0.123 e. The third-order valence-electron chi connectivity index (χ3n) is 2.64. The second-order valence-electron chi connectivity index (χ2n) is 4.02. The Hall–Kier alpha value is -0.460. The summed E-state index contributed by atoms with van der Waals surface area (Å²) in [6.07, 6.45) is -0.243. The number of aliphatic hydroxyl groups excluding tert-OH is 1. The van der Waals surface area contributed by atoms with Crippen LogP contribution < -0.4 is 0 Å². The van der Waals surface area contributed by atoms with Crippen LogP contribution in [0.3, 0.4) is 0 Å². The van der Waals surface area contributed by atoms with Gasteiger partial charge in [-0.25, -0.2) is 4.39 Å². The summed E-state index contributed by atoms with van der Waals surface area (Å²) in [4.78, 5) is 0. The van der Waals surface area contributed by atoms with Crippen LogP contribution in [0.2, 0.25) is 0 Å². The summed E-state index contributed by atoms with van der Waals surface area (Å²) in [6, 6.07) is 12.1. The molecule has 1 unspecified atom stereocenters. The zero-order valence-electron chi connectivity index (χ0n) is 9.41. The van der Waals surface area contributed by atoms with E-state index in [-0.39, 0.29) is 5.82 Å². The minimum Gasteiger partial charge on any atom is -0.388 e. The van der Waals surface area contributed by atoms with Gasteiger partial charge >= 0.3 is 0 Å². The van der Waals surface area contributed by atoms with Crippen LogP contribution in [0.5, 0.6) is 0 Å². The molecule has 0 aliphatic carbocycles. The molecule has 0 bridgehead atoms. The molecular formula is C14H11BrFIO. The van der Waals surface area contributed by atoms with Gasteiger partial charge in [-0.3, -0.25) is 0 Å². The molecule has 0 saturated carbocycles. The topological polar surface area (TPSA) is 20.2 Å². The molecule has 2 aromatic carbocycles. The first-order valence-electron chi connectivity index (χ1n) is 5.44. The molecule has 1 nitrogen and oxygen atoms in total. The summed E-state index contributed by atoms with van der Waals surface area (Å²) in [5.74, 6) is -0.276. The monoisotopic (exact) mass is 420 g/mol. The van der Waals surface area contributed by atoms with E-state index < -0.39 is 6.10 Å². The Bertz CT molecular complexity index is 559. The van der Waals surface area contributed by atoms with Crippen molar-refractivity contribution in [3.05, 3.63) is 67.5 Å². The average Bonchev–Trinajstić information content (AvgIpc) is 2.32. The number of rotatable bonds is 3. The van der Waals surface area contributed by atoms with Crippen LogP contribution in [-0.2, 0) is 6.42 Å². The van der Waals surface area contributed by atoms with Crippen LogP contribution in [0.1, 0.15) is 17.2 Å². The molecule has 0 saturated heterocycles. The van der Waals surface area contributed by atoms with Crippen molar-refractivity contribution in [1.82, 2.24) is 0 Å². The maximum Gasteiger partial charge on any atom is 0.123 e. The molecule has 0 spiro atoms. The fourth-order valence-electron chi connectivity index (χ4n) is 1.77. The largest absolute Gasteiger partial charge is 0.388 e. The summed E-state index contributed by atoms with van der Waals surface area (Å²) in [5, 5.41) is 10.2. The lowest BCUT2D eigenvalue weighted by atomic mass is 10.0. The van der Waals surface area contributed by atoms with Crippen molar-refractivity contribution >= 4 is 38.5 Å². The Balaban J connectivity index is 2.21. The lowest BCUT2D eigenvalue weighted by Crippen LogP contribution is -2.03. The molecule has 0 aromatic heterocycles. The van der Waals surface area contributed by atoms with E-state index in [4.69, 9.17) is 0 Å². The van der Waals surface area contributed by atoms with E-state index >= 15 is 0 Å². The van der Waals surface area contributed by atoms with Crippen molar-refractivity contribution in [2.24, 2.45) is 0 Å². The van der Waals surface area contributed by atoms with Crippen molar-refractivity contribution in [2.75, 3.05) is 0 Å². The lowest BCUT2D eigenvalue weighted by molar-refractivity contribution is 0.177. The van der Waals surface area contributed by atoms with Gasteiger partial charge in [-0.2, -0.15) is 0 Å². The number of hydrogen-bond donors (Lipinski definition) is 1. The van der Waals surface area contributed by atoms with Crippen LogP contribution in [0, 0.1) is 9.39 Å². The van der Waals surface area contributed by atoms with E-state index in [1.54, 1.807) is 6.07 Å². The van der Waals surface area contributed by atoms with Gasteiger partial charge in [0.05, 0.1) is 6.10 Å². The van der Waals surface area contributed by atoms with E-state index in [1.807, 2.05) is 24.3 Å². The first-order valence-corrected chi connectivity index (χ1v) is 7.31. The van der Waals surface area contributed by atoms with Crippen LogP contribution in [0.4, 0.5) is 4.39 Å². The summed E-state index contributed by atoms with van der Waals surface area (Å²) < 4.78 is 15.0. The molecule has 94 valence electrons. The van der Waals surface area contributed by atoms with E-state index in [9.17, 15) is 9.50 Å². The van der Waals surface area contributed by atoms with E-state index in [0.29, 0.717) is 6.42 Å². The zero-order valence-corrected chi connectivity index (χ0v) is 13.2. The van der Waals surface area contributed by atoms with E-state index in [1.165, 1.54) is 12.1 Å². The van der Waals surface area contributed by atoms with Crippen molar-refractivity contribution in [3.8, 4) is 0 Å². The van der Waals surface area contributed by atoms with Crippen LogP contribution in [-0.4, -0.2) is 5.11 Å². The van der Waals surface area contributed by atoms with Crippen LogP contribution in [0.25, 0.3) is 0 Å². The Morgan fingerprint density at radius 3 is 2.72 bits per heavy atom. The summed E-state index contributed by atoms with van der Waals surface area (Å²) in [7, 11) is 0. The summed E-state index contributed by atoms with van der Waals surface area (Å²) in [5.41, 5.74) is 1.61. The quantitative estimate of drug-likeness (QED) is 0.726. The molecule has 0 radical (unpaired) electrons.